The van der Waals surface area contributed by atoms with E-state index in [2.05, 4.69) is 31.3 Å². The van der Waals surface area contributed by atoms with Crippen molar-refractivity contribution < 1.29 is 19.1 Å². The van der Waals surface area contributed by atoms with Gasteiger partial charge in [-0.05, 0) is 23.6 Å². The topological polar surface area (TPSA) is 71.1 Å². The Morgan fingerprint density at radius 1 is 1.23 bits per heavy atom. The third-order valence-electron chi connectivity index (χ3n) is 4.78. The van der Waals surface area contributed by atoms with Gasteiger partial charge in [-0.15, -0.1) is 0 Å². The number of hydrogen-bond acceptors (Lipinski definition) is 4. The average Bonchev–Trinajstić information content (AvgIpc) is 2.68. The van der Waals surface area contributed by atoms with E-state index >= 15 is 0 Å². The van der Waals surface area contributed by atoms with Crippen molar-refractivity contribution in [2.45, 2.75) is 25.9 Å². The number of carbonyl (C=O) groups excluding carboxylic acids is 2. The number of amides is 3. The molecule has 3 rings (SSSR count). The highest BCUT2D eigenvalue weighted by atomic mass is 16.5. The number of nitrogens with one attached hydrogen (secondary N) is 1. The predicted molar refractivity (Wildman–Crippen MR) is 98.4 cm³/mol. The Bertz CT molecular complexity index is 626. The molecule has 0 saturated carbocycles. The van der Waals surface area contributed by atoms with E-state index in [4.69, 9.17) is 9.47 Å². The third-order valence-corrected chi connectivity index (χ3v) is 4.78. The molecular formula is C19H27N3O4. The summed E-state index contributed by atoms with van der Waals surface area (Å²) in [5, 5.41) is 2.90. The maximum atomic E-state index is 12.2. The lowest BCUT2D eigenvalue weighted by atomic mass is 10.0. The van der Waals surface area contributed by atoms with E-state index in [0.717, 1.165) is 5.69 Å². The normalized spacial score (nSPS) is 21.2. The molecule has 0 bridgehead atoms. The molecule has 0 aliphatic carbocycles. The second kappa shape index (κ2) is 8.51. The molecule has 1 unspecified atom stereocenters. The van der Waals surface area contributed by atoms with E-state index < -0.39 is 0 Å². The SMILES string of the molecule is CC(C)c1ccc(N2CC(CNC(=O)N3CCOCC3)OCC2=O)cc1. The van der Waals surface area contributed by atoms with Crippen LogP contribution >= 0.6 is 0 Å². The van der Waals surface area contributed by atoms with Gasteiger partial charge in [-0.1, -0.05) is 26.0 Å². The number of hydrogen-bond donors (Lipinski definition) is 1. The fraction of sp³-hybridized carbons (Fsp3) is 0.579. The van der Waals surface area contributed by atoms with Gasteiger partial charge in [-0.3, -0.25) is 4.79 Å². The quantitative estimate of drug-likeness (QED) is 0.884. The molecule has 7 nitrogen and oxygen atoms in total. The average molecular weight is 361 g/mol. The van der Waals surface area contributed by atoms with Gasteiger partial charge in [0.15, 0.2) is 0 Å². The standard InChI is InChI=1S/C19H27N3O4/c1-14(2)15-3-5-16(6-4-15)22-12-17(26-13-18(22)23)11-20-19(24)21-7-9-25-10-8-21/h3-6,14,17H,7-13H2,1-2H3,(H,20,24). The summed E-state index contributed by atoms with van der Waals surface area (Å²) in [6.45, 7) is 7.47. The van der Waals surface area contributed by atoms with Gasteiger partial charge in [0.05, 0.1) is 25.9 Å². The van der Waals surface area contributed by atoms with Crippen LogP contribution in [0.15, 0.2) is 24.3 Å². The summed E-state index contributed by atoms with van der Waals surface area (Å²) in [4.78, 5) is 27.9. The van der Waals surface area contributed by atoms with Crippen LogP contribution in [0, 0.1) is 0 Å². The Balaban J connectivity index is 1.55. The van der Waals surface area contributed by atoms with Gasteiger partial charge in [0.2, 0.25) is 0 Å². The molecule has 3 amide bonds. The highest BCUT2D eigenvalue weighted by Crippen LogP contribution is 2.22. The second-order valence-corrected chi connectivity index (χ2v) is 6.97. The minimum absolute atomic E-state index is 0.0318. The van der Waals surface area contributed by atoms with Crippen molar-refractivity contribution in [2.24, 2.45) is 0 Å². The van der Waals surface area contributed by atoms with Crippen molar-refractivity contribution in [2.75, 3.05) is 50.9 Å². The first-order valence-corrected chi connectivity index (χ1v) is 9.17. The van der Waals surface area contributed by atoms with Crippen LogP contribution in [0.2, 0.25) is 0 Å². The summed E-state index contributed by atoms with van der Waals surface area (Å²) in [7, 11) is 0. The zero-order valence-electron chi connectivity index (χ0n) is 15.4. The first-order valence-electron chi connectivity index (χ1n) is 9.17. The molecular weight excluding hydrogens is 334 g/mol. The molecule has 2 fully saturated rings. The van der Waals surface area contributed by atoms with Gasteiger partial charge in [-0.25, -0.2) is 4.79 Å². The molecule has 2 aliphatic heterocycles. The molecule has 2 aliphatic rings. The summed E-state index contributed by atoms with van der Waals surface area (Å²) >= 11 is 0. The van der Waals surface area contributed by atoms with Crippen LogP contribution in [0.25, 0.3) is 0 Å². The zero-order valence-corrected chi connectivity index (χ0v) is 15.4. The Kier molecular flexibility index (Phi) is 6.11. The van der Waals surface area contributed by atoms with Crippen molar-refractivity contribution >= 4 is 17.6 Å². The largest absolute Gasteiger partial charge is 0.378 e. The van der Waals surface area contributed by atoms with Crippen LogP contribution < -0.4 is 10.2 Å². The Labute approximate surface area is 154 Å². The van der Waals surface area contributed by atoms with Crippen LogP contribution in [0.4, 0.5) is 10.5 Å². The number of urea groups is 1. The minimum Gasteiger partial charge on any atom is -0.378 e. The molecule has 0 radical (unpaired) electrons. The summed E-state index contributed by atoms with van der Waals surface area (Å²) in [5.41, 5.74) is 2.11. The van der Waals surface area contributed by atoms with Gasteiger partial charge in [0.1, 0.15) is 6.61 Å². The van der Waals surface area contributed by atoms with Crippen LogP contribution in [-0.4, -0.2) is 68.9 Å². The first kappa shape index (κ1) is 18.7. The van der Waals surface area contributed by atoms with E-state index in [-0.39, 0.29) is 24.6 Å². The van der Waals surface area contributed by atoms with E-state index in [9.17, 15) is 9.59 Å². The molecule has 26 heavy (non-hydrogen) atoms. The van der Waals surface area contributed by atoms with Gasteiger partial charge in [0, 0.05) is 25.3 Å². The third kappa shape index (κ3) is 4.53. The summed E-state index contributed by atoms with van der Waals surface area (Å²) in [6.07, 6.45) is -0.220. The summed E-state index contributed by atoms with van der Waals surface area (Å²) < 4.78 is 10.8. The Morgan fingerprint density at radius 3 is 2.58 bits per heavy atom. The molecule has 2 heterocycles. The van der Waals surface area contributed by atoms with E-state index in [1.165, 1.54) is 5.56 Å². The van der Waals surface area contributed by atoms with E-state index in [1.54, 1.807) is 9.80 Å². The van der Waals surface area contributed by atoms with Crippen molar-refractivity contribution in [3.05, 3.63) is 29.8 Å². The molecule has 0 aromatic heterocycles. The minimum atomic E-state index is -0.220. The molecule has 1 aromatic rings. The maximum Gasteiger partial charge on any atom is 0.317 e. The molecule has 1 N–H and O–H groups in total. The predicted octanol–water partition coefficient (Wildman–Crippen LogP) is 1.58. The number of nitrogens with zero attached hydrogens (tertiary/aromatic N) is 2. The van der Waals surface area contributed by atoms with Crippen molar-refractivity contribution in [1.82, 2.24) is 10.2 Å². The lowest BCUT2D eigenvalue weighted by molar-refractivity contribution is -0.129. The smallest absolute Gasteiger partial charge is 0.317 e. The number of morpholine rings is 2. The number of rotatable bonds is 4. The monoisotopic (exact) mass is 361 g/mol. The summed E-state index contributed by atoms with van der Waals surface area (Å²) in [5.74, 6) is 0.394. The number of carbonyl (C=O) groups is 2. The molecule has 0 spiro atoms. The first-order chi connectivity index (χ1) is 12.5. The highest BCUT2D eigenvalue weighted by molar-refractivity contribution is 5.95. The van der Waals surface area contributed by atoms with E-state index in [1.807, 2.05) is 12.1 Å². The molecule has 7 heteroatoms. The number of ether oxygens (including phenoxy) is 2. The molecule has 1 aromatic carbocycles. The van der Waals surface area contributed by atoms with Gasteiger partial charge in [0.25, 0.3) is 5.91 Å². The van der Waals surface area contributed by atoms with Crippen molar-refractivity contribution in [3.63, 3.8) is 0 Å². The Morgan fingerprint density at radius 2 is 1.92 bits per heavy atom. The molecule has 1 atom stereocenters. The fourth-order valence-corrected chi connectivity index (χ4v) is 3.12. The lowest BCUT2D eigenvalue weighted by Gasteiger charge is -2.34. The maximum absolute atomic E-state index is 12.2. The second-order valence-electron chi connectivity index (χ2n) is 6.97. The van der Waals surface area contributed by atoms with Crippen molar-refractivity contribution in [3.8, 4) is 0 Å². The molecule has 142 valence electrons. The van der Waals surface area contributed by atoms with Crippen LogP contribution in [0.1, 0.15) is 25.3 Å². The van der Waals surface area contributed by atoms with Crippen LogP contribution in [-0.2, 0) is 14.3 Å². The van der Waals surface area contributed by atoms with Gasteiger partial charge >= 0.3 is 6.03 Å². The highest BCUT2D eigenvalue weighted by Gasteiger charge is 2.28. The van der Waals surface area contributed by atoms with Crippen LogP contribution in [0.3, 0.4) is 0 Å². The number of anilines is 1. The Hall–Kier alpha value is -2.12. The fourth-order valence-electron chi connectivity index (χ4n) is 3.12. The molecule has 2 saturated heterocycles. The lowest BCUT2D eigenvalue weighted by Crippen LogP contribution is -2.53. The van der Waals surface area contributed by atoms with Gasteiger partial charge < -0.3 is 24.6 Å². The number of benzene rings is 1. The van der Waals surface area contributed by atoms with Crippen LogP contribution in [0.5, 0.6) is 0 Å². The van der Waals surface area contributed by atoms with E-state index in [0.29, 0.717) is 45.3 Å². The zero-order chi connectivity index (χ0) is 18.5. The van der Waals surface area contributed by atoms with Crippen molar-refractivity contribution in [1.29, 1.82) is 0 Å². The van der Waals surface area contributed by atoms with Gasteiger partial charge in [-0.2, -0.15) is 0 Å². The summed E-state index contributed by atoms with van der Waals surface area (Å²) in [6, 6.07) is 7.95.